The minimum absolute atomic E-state index is 0.640. The molecule has 1 rings (SSSR count). The third-order valence-electron chi connectivity index (χ3n) is 3.05. The van der Waals surface area contributed by atoms with E-state index in [-0.39, 0.29) is 0 Å². The Kier molecular flexibility index (Phi) is 5.46. The number of hydrogen-bond donors (Lipinski definition) is 1. The molecule has 0 radical (unpaired) electrons. The maximum atomic E-state index is 4.13. The molecule has 2 unspecified atom stereocenters. The molecule has 1 N–H and O–H groups in total. The fourth-order valence-electron chi connectivity index (χ4n) is 1.73. The second kappa shape index (κ2) is 6.63. The Balaban J connectivity index is 2.30. The Morgan fingerprint density at radius 1 is 1.38 bits per heavy atom. The predicted octanol–water partition coefficient (Wildman–Crippen LogP) is 1.63. The second-order valence-electron chi connectivity index (χ2n) is 4.75. The molecule has 0 saturated carbocycles. The number of aromatic nitrogens is 3. The van der Waals surface area contributed by atoms with Crippen molar-refractivity contribution in [2.45, 2.75) is 33.6 Å². The summed E-state index contributed by atoms with van der Waals surface area (Å²) in [5.41, 5.74) is 1.09. The molecule has 1 aromatic heterocycles. The molecule has 0 aliphatic heterocycles. The van der Waals surface area contributed by atoms with Gasteiger partial charge in [-0.05, 0) is 37.8 Å². The second-order valence-corrected chi connectivity index (χ2v) is 4.75. The van der Waals surface area contributed by atoms with Crippen molar-refractivity contribution in [3.05, 3.63) is 11.9 Å². The first-order valence-corrected chi connectivity index (χ1v) is 6.19. The maximum absolute atomic E-state index is 4.13. The summed E-state index contributed by atoms with van der Waals surface area (Å²) >= 11 is 0. The first kappa shape index (κ1) is 13.2. The van der Waals surface area contributed by atoms with E-state index in [1.165, 1.54) is 6.42 Å². The smallest absolute Gasteiger partial charge is 0.0829 e. The molecule has 16 heavy (non-hydrogen) atoms. The molecule has 4 heteroatoms. The van der Waals surface area contributed by atoms with Gasteiger partial charge in [-0.3, -0.25) is 4.68 Å². The summed E-state index contributed by atoms with van der Waals surface area (Å²) in [5.74, 6) is 1.31. The molecule has 92 valence electrons. The summed E-state index contributed by atoms with van der Waals surface area (Å²) in [4.78, 5) is 0. The van der Waals surface area contributed by atoms with Crippen molar-refractivity contribution in [2.75, 3.05) is 13.1 Å². The SMILES string of the molecule is CCCNCC(C)C(C)Cc1cn(C)nn1. The number of aryl methyl sites for hydroxylation is 1. The van der Waals surface area contributed by atoms with Crippen LogP contribution in [0.1, 0.15) is 32.9 Å². The lowest BCUT2D eigenvalue weighted by Gasteiger charge is -2.19. The van der Waals surface area contributed by atoms with E-state index in [0.29, 0.717) is 11.8 Å². The van der Waals surface area contributed by atoms with Gasteiger partial charge in [-0.1, -0.05) is 26.0 Å². The zero-order chi connectivity index (χ0) is 12.0. The maximum Gasteiger partial charge on any atom is 0.0829 e. The molecule has 0 amide bonds. The molecule has 4 nitrogen and oxygen atoms in total. The van der Waals surface area contributed by atoms with Crippen LogP contribution < -0.4 is 5.32 Å². The zero-order valence-corrected chi connectivity index (χ0v) is 10.9. The van der Waals surface area contributed by atoms with Gasteiger partial charge in [0.1, 0.15) is 0 Å². The lowest BCUT2D eigenvalue weighted by molar-refractivity contribution is 0.363. The minimum Gasteiger partial charge on any atom is -0.316 e. The van der Waals surface area contributed by atoms with Crippen LogP contribution in [0.3, 0.4) is 0 Å². The fraction of sp³-hybridized carbons (Fsp3) is 0.833. The molecule has 1 heterocycles. The molecule has 0 aliphatic carbocycles. The van der Waals surface area contributed by atoms with Gasteiger partial charge >= 0.3 is 0 Å². The normalized spacial score (nSPS) is 15.0. The zero-order valence-electron chi connectivity index (χ0n) is 10.9. The van der Waals surface area contributed by atoms with Crippen molar-refractivity contribution < 1.29 is 0 Å². The topological polar surface area (TPSA) is 42.7 Å². The summed E-state index contributed by atoms with van der Waals surface area (Å²) < 4.78 is 1.77. The third-order valence-corrected chi connectivity index (χ3v) is 3.05. The molecule has 0 bridgehead atoms. The average molecular weight is 224 g/mol. The summed E-state index contributed by atoms with van der Waals surface area (Å²) in [6.45, 7) is 8.98. The van der Waals surface area contributed by atoms with Gasteiger partial charge in [-0.2, -0.15) is 0 Å². The van der Waals surface area contributed by atoms with Gasteiger partial charge in [0.05, 0.1) is 5.69 Å². The van der Waals surface area contributed by atoms with E-state index in [4.69, 9.17) is 0 Å². The van der Waals surface area contributed by atoms with Gasteiger partial charge in [0.15, 0.2) is 0 Å². The molecular formula is C12H24N4. The monoisotopic (exact) mass is 224 g/mol. The van der Waals surface area contributed by atoms with Crippen LogP contribution in [-0.4, -0.2) is 28.1 Å². The van der Waals surface area contributed by atoms with E-state index in [2.05, 4.69) is 36.4 Å². The standard InChI is InChI=1S/C12H24N4/c1-5-6-13-8-11(3)10(2)7-12-9-16(4)15-14-12/h9-11,13H,5-8H2,1-4H3. The molecule has 0 aromatic carbocycles. The molecular weight excluding hydrogens is 200 g/mol. The highest BCUT2D eigenvalue weighted by Crippen LogP contribution is 2.14. The molecule has 2 atom stereocenters. The van der Waals surface area contributed by atoms with Crippen molar-refractivity contribution >= 4 is 0 Å². The van der Waals surface area contributed by atoms with Crippen molar-refractivity contribution in [2.24, 2.45) is 18.9 Å². The van der Waals surface area contributed by atoms with E-state index in [0.717, 1.165) is 25.2 Å². The van der Waals surface area contributed by atoms with Crippen molar-refractivity contribution in [3.8, 4) is 0 Å². The van der Waals surface area contributed by atoms with Gasteiger partial charge in [-0.15, -0.1) is 5.10 Å². The number of nitrogens with zero attached hydrogens (tertiary/aromatic N) is 3. The van der Waals surface area contributed by atoms with E-state index in [1.807, 2.05) is 13.2 Å². The predicted molar refractivity (Wildman–Crippen MR) is 66.2 cm³/mol. The first-order chi connectivity index (χ1) is 7.63. The highest BCUT2D eigenvalue weighted by Gasteiger charge is 2.13. The largest absolute Gasteiger partial charge is 0.316 e. The summed E-state index contributed by atoms with van der Waals surface area (Å²) in [6.07, 6.45) is 4.22. The fourth-order valence-corrected chi connectivity index (χ4v) is 1.73. The van der Waals surface area contributed by atoms with E-state index < -0.39 is 0 Å². The van der Waals surface area contributed by atoms with Gasteiger partial charge < -0.3 is 5.32 Å². The minimum atomic E-state index is 0.640. The summed E-state index contributed by atoms with van der Waals surface area (Å²) in [6, 6.07) is 0. The van der Waals surface area contributed by atoms with Crippen molar-refractivity contribution in [1.82, 2.24) is 20.3 Å². The van der Waals surface area contributed by atoms with Crippen LogP contribution in [0.2, 0.25) is 0 Å². The number of rotatable bonds is 7. The van der Waals surface area contributed by atoms with Gasteiger partial charge in [-0.25, -0.2) is 0 Å². The Morgan fingerprint density at radius 3 is 2.69 bits per heavy atom. The summed E-state index contributed by atoms with van der Waals surface area (Å²) in [7, 11) is 1.91. The van der Waals surface area contributed by atoms with Crippen LogP contribution in [0.4, 0.5) is 0 Å². The Bertz CT molecular complexity index is 295. The highest BCUT2D eigenvalue weighted by molar-refractivity contribution is 4.93. The van der Waals surface area contributed by atoms with Crippen LogP contribution in [-0.2, 0) is 13.5 Å². The quantitative estimate of drug-likeness (QED) is 0.716. The first-order valence-electron chi connectivity index (χ1n) is 6.19. The van der Waals surface area contributed by atoms with E-state index >= 15 is 0 Å². The van der Waals surface area contributed by atoms with Gasteiger partial charge in [0, 0.05) is 13.2 Å². The van der Waals surface area contributed by atoms with Crippen LogP contribution in [0.25, 0.3) is 0 Å². The lowest BCUT2D eigenvalue weighted by atomic mass is 9.92. The van der Waals surface area contributed by atoms with E-state index in [9.17, 15) is 0 Å². The van der Waals surface area contributed by atoms with Gasteiger partial charge in [0.2, 0.25) is 0 Å². The van der Waals surface area contributed by atoms with Crippen molar-refractivity contribution in [1.29, 1.82) is 0 Å². The van der Waals surface area contributed by atoms with Crippen LogP contribution in [0.15, 0.2) is 6.20 Å². The molecule has 0 fully saturated rings. The lowest BCUT2D eigenvalue weighted by Crippen LogP contribution is -2.26. The molecule has 1 aromatic rings. The highest BCUT2D eigenvalue weighted by atomic mass is 15.4. The van der Waals surface area contributed by atoms with Crippen LogP contribution in [0, 0.1) is 11.8 Å². The molecule has 0 spiro atoms. The molecule has 0 aliphatic rings. The van der Waals surface area contributed by atoms with E-state index in [1.54, 1.807) is 4.68 Å². The Hall–Kier alpha value is -0.900. The van der Waals surface area contributed by atoms with Gasteiger partial charge in [0.25, 0.3) is 0 Å². The number of nitrogens with one attached hydrogen (secondary N) is 1. The Morgan fingerprint density at radius 2 is 2.12 bits per heavy atom. The number of hydrogen-bond acceptors (Lipinski definition) is 3. The summed E-state index contributed by atoms with van der Waals surface area (Å²) in [5, 5.41) is 11.5. The van der Waals surface area contributed by atoms with Crippen LogP contribution >= 0.6 is 0 Å². The molecule has 0 saturated heterocycles. The average Bonchev–Trinajstić information content (AvgIpc) is 2.64. The van der Waals surface area contributed by atoms with Crippen molar-refractivity contribution in [3.63, 3.8) is 0 Å². The third kappa shape index (κ3) is 4.31. The van der Waals surface area contributed by atoms with Crippen LogP contribution in [0.5, 0.6) is 0 Å². The Labute approximate surface area is 98.4 Å².